The largest absolute Gasteiger partial charge is 0.472 e. The molecule has 3 heterocycles. The fraction of sp³-hybridized carbons (Fsp3) is 0.455. The molecule has 2 aliphatic heterocycles. The number of nitrogens with one attached hydrogen (secondary N) is 1. The lowest BCUT2D eigenvalue weighted by Crippen LogP contribution is -2.47. The molecule has 0 saturated carbocycles. The topological polar surface area (TPSA) is 71.8 Å². The zero-order valence-corrected chi connectivity index (χ0v) is 16.5. The fourth-order valence-corrected chi connectivity index (χ4v) is 4.22. The third kappa shape index (κ3) is 4.53. The summed E-state index contributed by atoms with van der Waals surface area (Å²) < 4.78 is 37.5. The lowest BCUT2D eigenvalue weighted by molar-refractivity contribution is -0.122. The second-order valence-corrected chi connectivity index (χ2v) is 8.00. The van der Waals surface area contributed by atoms with Gasteiger partial charge in [-0.05, 0) is 49.4 Å². The van der Waals surface area contributed by atoms with Gasteiger partial charge in [-0.3, -0.25) is 9.59 Å². The van der Waals surface area contributed by atoms with Gasteiger partial charge in [0.15, 0.2) is 11.6 Å². The van der Waals surface area contributed by atoms with E-state index in [1.165, 1.54) is 18.6 Å². The van der Waals surface area contributed by atoms with Crippen LogP contribution in [-0.4, -0.2) is 48.1 Å². The number of amides is 2. The second kappa shape index (κ2) is 8.55. The molecular weight excluding hydrogens is 394 g/mol. The maximum atomic E-state index is 13.3. The van der Waals surface area contributed by atoms with Crippen LogP contribution >= 0.6 is 0 Å². The molecule has 8 heteroatoms. The van der Waals surface area contributed by atoms with Crippen LogP contribution in [0.2, 0.25) is 0 Å². The first-order valence-electron chi connectivity index (χ1n) is 10.1. The molecule has 1 aromatic heterocycles. The van der Waals surface area contributed by atoms with E-state index in [9.17, 15) is 18.4 Å². The number of halogens is 2. The summed E-state index contributed by atoms with van der Waals surface area (Å²) >= 11 is 0. The van der Waals surface area contributed by atoms with E-state index in [1.807, 2.05) is 4.90 Å². The van der Waals surface area contributed by atoms with E-state index >= 15 is 0 Å². The molecule has 2 amide bonds. The normalized spacial score (nSPS) is 20.5. The predicted octanol–water partition coefficient (Wildman–Crippen LogP) is 3.07. The molecule has 2 fully saturated rings. The van der Waals surface area contributed by atoms with Crippen molar-refractivity contribution in [2.45, 2.75) is 43.8 Å². The average molecular weight is 418 g/mol. The van der Waals surface area contributed by atoms with Gasteiger partial charge < -0.3 is 19.4 Å². The second-order valence-electron chi connectivity index (χ2n) is 8.00. The first kappa shape index (κ1) is 20.5. The zero-order chi connectivity index (χ0) is 21.1. The van der Waals surface area contributed by atoms with Gasteiger partial charge >= 0.3 is 0 Å². The van der Waals surface area contributed by atoms with E-state index < -0.39 is 11.6 Å². The lowest BCUT2D eigenvalue weighted by atomic mass is 9.88. The summed E-state index contributed by atoms with van der Waals surface area (Å²) in [5, 5.41) is 2.82. The molecule has 160 valence electrons. The number of hydrogen-bond acceptors (Lipinski definition) is 4. The molecule has 1 aromatic carbocycles. The van der Waals surface area contributed by atoms with Crippen molar-refractivity contribution in [3.63, 3.8) is 0 Å². The minimum atomic E-state index is -0.959. The van der Waals surface area contributed by atoms with E-state index in [2.05, 4.69) is 5.32 Å². The number of nitrogens with zero attached hydrogens (tertiary/aromatic N) is 1. The zero-order valence-electron chi connectivity index (χ0n) is 16.5. The highest BCUT2D eigenvalue weighted by atomic mass is 19.2. The summed E-state index contributed by atoms with van der Waals surface area (Å²) in [6.45, 7) is 1.63. The van der Waals surface area contributed by atoms with Crippen LogP contribution in [0.4, 0.5) is 8.78 Å². The average Bonchev–Trinajstić information content (AvgIpc) is 3.40. The van der Waals surface area contributed by atoms with Gasteiger partial charge in [0.05, 0.1) is 30.0 Å². The van der Waals surface area contributed by atoms with E-state index in [4.69, 9.17) is 9.15 Å². The van der Waals surface area contributed by atoms with E-state index in [0.717, 1.165) is 37.8 Å². The smallest absolute Gasteiger partial charge is 0.257 e. The van der Waals surface area contributed by atoms with E-state index in [0.29, 0.717) is 30.8 Å². The van der Waals surface area contributed by atoms with Gasteiger partial charge in [0.25, 0.3) is 5.91 Å². The molecule has 1 N–H and O–H groups in total. The Morgan fingerprint density at radius 1 is 1.13 bits per heavy atom. The van der Waals surface area contributed by atoms with E-state index in [-0.39, 0.29) is 29.9 Å². The van der Waals surface area contributed by atoms with Crippen LogP contribution in [0.15, 0.2) is 41.2 Å². The van der Waals surface area contributed by atoms with Gasteiger partial charge in [-0.1, -0.05) is 6.07 Å². The SMILES string of the molecule is O=C(Cc1ccc(F)c(F)c1)NCC1CCC2(CCN(C(=O)c3ccoc3)CC2)O1. The quantitative estimate of drug-likeness (QED) is 0.810. The van der Waals surface area contributed by atoms with Gasteiger partial charge in [0.2, 0.25) is 5.91 Å². The molecule has 2 aliphatic rings. The van der Waals surface area contributed by atoms with Crippen LogP contribution in [0.25, 0.3) is 0 Å². The van der Waals surface area contributed by atoms with Crippen LogP contribution in [0.1, 0.15) is 41.6 Å². The van der Waals surface area contributed by atoms with Gasteiger partial charge in [-0.2, -0.15) is 0 Å². The number of benzene rings is 1. The molecule has 1 atom stereocenters. The van der Waals surface area contributed by atoms with Crippen LogP contribution in [0.5, 0.6) is 0 Å². The first-order valence-corrected chi connectivity index (χ1v) is 10.1. The van der Waals surface area contributed by atoms with Crippen molar-refractivity contribution < 1.29 is 27.5 Å². The summed E-state index contributed by atoms with van der Waals surface area (Å²) in [6, 6.07) is 5.12. The van der Waals surface area contributed by atoms with Crippen molar-refractivity contribution in [1.82, 2.24) is 10.2 Å². The van der Waals surface area contributed by atoms with Crippen molar-refractivity contribution in [2.75, 3.05) is 19.6 Å². The number of carbonyl (C=O) groups excluding carboxylic acids is 2. The molecule has 0 bridgehead atoms. The fourth-order valence-electron chi connectivity index (χ4n) is 4.22. The number of piperidine rings is 1. The Morgan fingerprint density at radius 3 is 2.63 bits per heavy atom. The predicted molar refractivity (Wildman–Crippen MR) is 104 cm³/mol. The number of carbonyl (C=O) groups is 2. The summed E-state index contributed by atoms with van der Waals surface area (Å²) in [5.74, 6) is -2.18. The number of hydrogen-bond donors (Lipinski definition) is 1. The third-order valence-electron chi connectivity index (χ3n) is 5.94. The number of ether oxygens (including phenoxy) is 1. The van der Waals surface area contributed by atoms with Crippen molar-refractivity contribution >= 4 is 11.8 Å². The van der Waals surface area contributed by atoms with Crippen molar-refractivity contribution in [2.24, 2.45) is 0 Å². The van der Waals surface area contributed by atoms with Gasteiger partial charge in [0.1, 0.15) is 6.26 Å². The minimum absolute atomic E-state index is 0.0137. The summed E-state index contributed by atoms with van der Waals surface area (Å²) in [6.07, 6.45) is 6.09. The third-order valence-corrected chi connectivity index (χ3v) is 5.94. The number of rotatable bonds is 5. The molecule has 1 unspecified atom stereocenters. The number of likely N-dealkylation sites (tertiary alicyclic amines) is 1. The van der Waals surface area contributed by atoms with Gasteiger partial charge in [0, 0.05) is 19.6 Å². The standard InChI is InChI=1S/C22H24F2N2O4/c23-18-2-1-15(11-19(18)24)12-20(27)25-13-17-3-5-22(30-17)6-8-26(9-7-22)21(28)16-4-10-29-14-16/h1-2,4,10-11,14,17H,3,5-9,12-13H2,(H,25,27). The van der Waals surface area contributed by atoms with Crippen LogP contribution < -0.4 is 5.32 Å². The Bertz CT molecular complexity index is 908. The highest BCUT2D eigenvalue weighted by Crippen LogP contribution is 2.39. The van der Waals surface area contributed by atoms with Gasteiger partial charge in [-0.25, -0.2) is 8.78 Å². The Morgan fingerprint density at radius 2 is 1.93 bits per heavy atom. The Kier molecular flexibility index (Phi) is 5.85. The minimum Gasteiger partial charge on any atom is -0.472 e. The van der Waals surface area contributed by atoms with Crippen LogP contribution in [0, 0.1) is 11.6 Å². The summed E-state index contributed by atoms with van der Waals surface area (Å²) in [4.78, 5) is 26.4. The van der Waals surface area contributed by atoms with Crippen molar-refractivity contribution in [3.05, 3.63) is 59.6 Å². The van der Waals surface area contributed by atoms with Crippen molar-refractivity contribution in [1.29, 1.82) is 0 Å². The highest BCUT2D eigenvalue weighted by Gasteiger charge is 2.43. The highest BCUT2D eigenvalue weighted by molar-refractivity contribution is 5.93. The molecule has 6 nitrogen and oxygen atoms in total. The molecule has 4 rings (SSSR count). The molecular formula is C22H24F2N2O4. The first-order chi connectivity index (χ1) is 14.4. The van der Waals surface area contributed by atoms with Gasteiger partial charge in [-0.15, -0.1) is 0 Å². The summed E-state index contributed by atoms with van der Waals surface area (Å²) in [7, 11) is 0. The monoisotopic (exact) mass is 418 g/mol. The molecule has 30 heavy (non-hydrogen) atoms. The molecule has 2 saturated heterocycles. The van der Waals surface area contributed by atoms with Crippen molar-refractivity contribution in [3.8, 4) is 0 Å². The molecule has 0 radical (unpaired) electrons. The number of furan rings is 1. The van der Waals surface area contributed by atoms with Crippen LogP contribution in [0.3, 0.4) is 0 Å². The Labute approximate surface area is 173 Å². The Hall–Kier alpha value is -2.74. The Balaban J connectivity index is 1.22. The molecule has 2 aromatic rings. The summed E-state index contributed by atoms with van der Waals surface area (Å²) in [5.41, 5.74) is 0.729. The van der Waals surface area contributed by atoms with Crippen LogP contribution in [-0.2, 0) is 16.0 Å². The molecule has 1 spiro atoms. The van der Waals surface area contributed by atoms with E-state index in [1.54, 1.807) is 6.07 Å². The molecule has 0 aliphatic carbocycles. The lowest BCUT2D eigenvalue weighted by Gasteiger charge is -2.39. The maximum Gasteiger partial charge on any atom is 0.257 e. The maximum absolute atomic E-state index is 13.3.